The van der Waals surface area contributed by atoms with Crippen LogP contribution in [0.4, 0.5) is 17.1 Å². The molecular weight excluding hydrogens is 602 g/mol. The van der Waals surface area contributed by atoms with Gasteiger partial charge in [0.25, 0.3) is 5.69 Å². The predicted octanol–water partition coefficient (Wildman–Crippen LogP) is 4.96. The Balaban J connectivity index is 0.999. The number of nitro benzene ring substituents is 1. The van der Waals surface area contributed by atoms with Crippen LogP contribution < -0.4 is 19.3 Å². The van der Waals surface area contributed by atoms with Gasteiger partial charge in [0.15, 0.2) is 0 Å². The Kier molecular flexibility index (Phi) is 6.47. The van der Waals surface area contributed by atoms with Crippen molar-refractivity contribution >= 4 is 40.8 Å². The summed E-state index contributed by atoms with van der Waals surface area (Å²) in [5.41, 5.74) is 4.92. The second kappa shape index (κ2) is 10.6. The number of esters is 1. The maximum atomic E-state index is 14.0. The van der Waals surface area contributed by atoms with Crippen molar-refractivity contribution in [1.82, 2.24) is 0 Å². The molecule has 3 atom stereocenters. The Bertz CT molecular complexity index is 1910. The van der Waals surface area contributed by atoms with Crippen molar-refractivity contribution in [3.63, 3.8) is 0 Å². The van der Waals surface area contributed by atoms with Gasteiger partial charge >= 0.3 is 5.97 Å². The average Bonchev–Trinajstić information content (AvgIpc) is 3.61. The number of non-ortho nitro benzene ring substituents is 1. The van der Waals surface area contributed by atoms with Gasteiger partial charge in [-0.15, -0.1) is 0 Å². The van der Waals surface area contributed by atoms with Crippen molar-refractivity contribution in [3.05, 3.63) is 123 Å². The lowest BCUT2D eigenvalue weighted by atomic mass is 9.55. The van der Waals surface area contributed by atoms with E-state index >= 15 is 0 Å². The fourth-order valence-electron chi connectivity index (χ4n) is 7.90. The molecule has 2 saturated heterocycles. The summed E-state index contributed by atoms with van der Waals surface area (Å²) in [6, 6.07) is 26.3. The van der Waals surface area contributed by atoms with Crippen LogP contribution in [0, 0.1) is 27.9 Å². The second-order valence-corrected chi connectivity index (χ2v) is 12.2. The van der Waals surface area contributed by atoms with Crippen LogP contribution in [0.15, 0.2) is 91.0 Å². The molecule has 0 unspecified atom stereocenters. The van der Waals surface area contributed by atoms with Gasteiger partial charge in [0, 0.05) is 30.9 Å². The summed E-state index contributed by atoms with van der Waals surface area (Å²) in [7, 11) is 1.35. The molecule has 47 heavy (non-hydrogen) atoms. The lowest BCUT2D eigenvalue weighted by Gasteiger charge is -2.45. The highest BCUT2D eigenvalue weighted by molar-refractivity contribution is 6.23. The molecule has 2 aliphatic heterocycles. The summed E-state index contributed by atoms with van der Waals surface area (Å²) < 4.78 is 10.9. The van der Waals surface area contributed by atoms with E-state index in [1.165, 1.54) is 47.2 Å². The molecule has 0 N–H and O–H groups in total. The Labute approximate surface area is 268 Å². The van der Waals surface area contributed by atoms with Gasteiger partial charge in [0.2, 0.25) is 17.7 Å². The summed E-state index contributed by atoms with van der Waals surface area (Å²) in [5, 5.41) is 11.2. The third-order valence-corrected chi connectivity index (χ3v) is 9.89. The molecule has 234 valence electrons. The van der Waals surface area contributed by atoms with Crippen LogP contribution in [0.5, 0.6) is 11.5 Å². The Hall–Kier alpha value is -5.84. The summed E-state index contributed by atoms with van der Waals surface area (Å²) >= 11 is 0. The third-order valence-electron chi connectivity index (χ3n) is 9.89. The van der Waals surface area contributed by atoms with Crippen LogP contribution >= 0.6 is 0 Å². The lowest BCUT2D eigenvalue weighted by Crippen LogP contribution is -2.41. The van der Waals surface area contributed by atoms with Gasteiger partial charge in [-0.05, 0) is 52.6 Å². The fraction of sp³-hybridized carbons (Fsp3) is 0.222. The van der Waals surface area contributed by atoms with Gasteiger partial charge in [-0.3, -0.25) is 29.3 Å². The molecule has 2 bridgehead atoms. The zero-order valence-electron chi connectivity index (χ0n) is 25.1. The van der Waals surface area contributed by atoms with Crippen molar-refractivity contribution < 1.29 is 33.6 Å². The van der Waals surface area contributed by atoms with Crippen LogP contribution in [0.1, 0.15) is 40.5 Å². The molecule has 0 spiro atoms. The highest BCUT2D eigenvalue weighted by Gasteiger charge is 2.61. The number of carbonyl (C=O) groups is 4. The fourth-order valence-corrected chi connectivity index (χ4v) is 7.90. The van der Waals surface area contributed by atoms with E-state index in [1.54, 1.807) is 12.1 Å². The van der Waals surface area contributed by atoms with Gasteiger partial charge in [0.05, 0.1) is 47.2 Å². The first kappa shape index (κ1) is 28.6. The van der Waals surface area contributed by atoms with E-state index in [0.717, 1.165) is 22.3 Å². The maximum absolute atomic E-state index is 14.0. The number of hydrogen-bond donors (Lipinski definition) is 0. The molecule has 4 aromatic rings. The van der Waals surface area contributed by atoms with Crippen molar-refractivity contribution in [2.75, 3.05) is 23.5 Å². The van der Waals surface area contributed by atoms with Crippen LogP contribution in [0.2, 0.25) is 0 Å². The van der Waals surface area contributed by atoms with E-state index in [9.17, 15) is 29.3 Å². The highest BCUT2D eigenvalue weighted by atomic mass is 16.6. The first-order valence-corrected chi connectivity index (χ1v) is 15.3. The number of imide groups is 1. The highest BCUT2D eigenvalue weighted by Crippen LogP contribution is 2.61. The lowest BCUT2D eigenvalue weighted by molar-refractivity contribution is -0.384. The summed E-state index contributed by atoms with van der Waals surface area (Å²) in [4.78, 5) is 67.2. The zero-order chi connectivity index (χ0) is 32.6. The largest absolute Gasteiger partial charge is 0.494 e. The molecule has 9 rings (SSSR count). The molecule has 2 fully saturated rings. The number of anilines is 2. The minimum Gasteiger partial charge on any atom is -0.494 e. The number of nitrogens with zero attached hydrogens (tertiary/aromatic N) is 3. The van der Waals surface area contributed by atoms with Gasteiger partial charge in [-0.1, -0.05) is 48.5 Å². The first-order chi connectivity index (χ1) is 22.8. The van der Waals surface area contributed by atoms with E-state index in [1.807, 2.05) is 24.3 Å². The van der Waals surface area contributed by atoms with E-state index < -0.39 is 28.6 Å². The van der Waals surface area contributed by atoms with E-state index in [-0.39, 0.29) is 59.7 Å². The van der Waals surface area contributed by atoms with E-state index in [0.29, 0.717) is 11.4 Å². The molecule has 4 aromatic carbocycles. The van der Waals surface area contributed by atoms with Crippen molar-refractivity contribution in [2.45, 2.75) is 18.3 Å². The molecule has 0 radical (unpaired) electrons. The molecule has 11 heteroatoms. The van der Waals surface area contributed by atoms with Gasteiger partial charge in [-0.2, -0.15) is 0 Å². The monoisotopic (exact) mass is 629 g/mol. The molecule has 5 aliphatic rings. The summed E-state index contributed by atoms with van der Waals surface area (Å²) in [6.07, 6.45) is -0.107. The van der Waals surface area contributed by atoms with E-state index in [4.69, 9.17) is 9.47 Å². The molecule has 0 saturated carbocycles. The molecule has 0 aromatic heterocycles. The summed E-state index contributed by atoms with van der Waals surface area (Å²) in [5.74, 6) is -3.33. The number of ether oxygens (including phenoxy) is 2. The Morgan fingerprint density at radius 1 is 0.809 bits per heavy atom. The second-order valence-electron chi connectivity index (χ2n) is 12.2. The number of carbonyl (C=O) groups excluding carboxylic acids is 4. The predicted molar refractivity (Wildman–Crippen MR) is 168 cm³/mol. The number of methoxy groups -OCH3 is 1. The minimum atomic E-state index is -0.786. The van der Waals surface area contributed by atoms with Crippen LogP contribution in [-0.4, -0.2) is 42.3 Å². The maximum Gasteiger partial charge on any atom is 0.316 e. The van der Waals surface area contributed by atoms with Crippen molar-refractivity contribution in [2.24, 2.45) is 17.8 Å². The van der Waals surface area contributed by atoms with Crippen LogP contribution in [0.25, 0.3) is 0 Å². The molecule has 3 amide bonds. The topological polar surface area (TPSA) is 136 Å². The zero-order valence-corrected chi connectivity index (χ0v) is 25.1. The van der Waals surface area contributed by atoms with Gasteiger partial charge in [-0.25, -0.2) is 4.90 Å². The quantitative estimate of drug-likeness (QED) is 0.0960. The van der Waals surface area contributed by atoms with Gasteiger partial charge < -0.3 is 14.4 Å². The smallest absolute Gasteiger partial charge is 0.316 e. The number of nitro groups is 1. The standard InChI is InChI=1S/C36H27N3O8/c1-46-28-17-21(39(44)45)12-15-27(28)37-18-19(16-29(37)40)36(43)47-22-13-10-20(11-14-22)38-34(41)32-30-23-6-2-3-7-24(23)31(33(32)35(38)42)26-9-5-4-8-25(26)30/h2-15,17,19,30-33H,16,18H2,1H3/t19-,30?,31?,32+,33+/m1/s1. The molecule has 2 heterocycles. The van der Waals surface area contributed by atoms with Crippen LogP contribution in [-0.2, 0) is 19.2 Å². The first-order valence-electron chi connectivity index (χ1n) is 15.3. The van der Waals surface area contributed by atoms with Crippen LogP contribution in [0.3, 0.4) is 0 Å². The Morgan fingerprint density at radius 2 is 1.36 bits per heavy atom. The number of rotatable bonds is 6. The third kappa shape index (κ3) is 4.26. The SMILES string of the molecule is COc1cc([N+](=O)[O-])ccc1N1C[C@H](C(=O)Oc2ccc(N3C(=O)[C@H]4C5c6ccccc6C(c6ccccc65)[C@@H]4C3=O)cc2)CC1=O. The summed E-state index contributed by atoms with van der Waals surface area (Å²) in [6.45, 7) is 0.0105. The number of hydrogen-bond acceptors (Lipinski definition) is 8. The average molecular weight is 630 g/mol. The van der Waals surface area contributed by atoms with Crippen molar-refractivity contribution in [3.8, 4) is 11.5 Å². The van der Waals surface area contributed by atoms with Gasteiger partial charge in [0.1, 0.15) is 11.5 Å². The minimum absolute atomic E-state index is 0.0105. The van der Waals surface area contributed by atoms with Crippen molar-refractivity contribution in [1.29, 1.82) is 0 Å². The normalized spacial score (nSPS) is 23.8. The van der Waals surface area contributed by atoms with E-state index in [2.05, 4.69) is 24.3 Å². The molecular formula is C36H27N3O8. The number of amides is 3. The molecule has 11 nitrogen and oxygen atoms in total. The Morgan fingerprint density at radius 3 is 1.87 bits per heavy atom. The molecule has 3 aliphatic carbocycles. The number of benzene rings is 4.